The lowest BCUT2D eigenvalue weighted by Crippen LogP contribution is -1.80. The molecule has 2 nitrogen and oxygen atoms in total. The maximum atomic E-state index is 13.0. The molecule has 72 valence electrons. The van der Waals surface area contributed by atoms with Gasteiger partial charge in [-0.15, -0.1) is 0 Å². The van der Waals surface area contributed by atoms with Crippen molar-refractivity contribution in [2.45, 2.75) is 6.92 Å². The molecule has 2 rings (SSSR count). The molecule has 0 aliphatic carbocycles. The minimum absolute atomic E-state index is 0.329. The molecule has 14 heavy (non-hydrogen) atoms. The van der Waals surface area contributed by atoms with Crippen LogP contribution in [0.25, 0.3) is 11.5 Å². The van der Waals surface area contributed by atoms with Crippen LogP contribution in [0.5, 0.6) is 0 Å². The first-order chi connectivity index (χ1) is 6.65. The molecule has 0 saturated heterocycles. The molecular weight excluding hydrogens is 205 g/mol. The quantitative estimate of drug-likeness (QED) is 0.722. The van der Waals surface area contributed by atoms with Crippen molar-refractivity contribution in [1.82, 2.24) is 4.98 Å². The van der Waals surface area contributed by atoms with Crippen LogP contribution in [-0.2, 0) is 0 Å². The lowest BCUT2D eigenvalue weighted by molar-refractivity contribution is 0.541. The Labute approximate surface area is 85.3 Å². The molecule has 0 aliphatic rings. The van der Waals surface area contributed by atoms with Crippen molar-refractivity contribution in [3.63, 3.8) is 0 Å². The molecule has 0 N–H and O–H groups in total. The van der Waals surface area contributed by atoms with E-state index >= 15 is 0 Å². The molecule has 0 spiro atoms. The van der Waals surface area contributed by atoms with Crippen molar-refractivity contribution in [1.29, 1.82) is 0 Å². The minimum atomic E-state index is -0.400. The van der Waals surface area contributed by atoms with Crippen molar-refractivity contribution in [2.75, 3.05) is 0 Å². The summed E-state index contributed by atoms with van der Waals surface area (Å²) in [5.74, 6) is 0.660. The molecule has 0 atom stereocenters. The van der Waals surface area contributed by atoms with E-state index in [1.807, 2.05) is 0 Å². The van der Waals surface area contributed by atoms with E-state index in [1.54, 1.807) is 19.2 Å². The van der Waals surface area contributed by atoms with E-state index in [2.05, 4.69) is 4.98 Å². The van der Waals surface area contributed by atoms with Gasteiger partial charge in [-0.05, 0) is 25.1 Å². The first-order valence-electron chi connectivity index (χ1n) is 4.04. The SMILES string of the molecule is Cc1cnc(-c2cc(F)cc(Cl)c2)o1. The van der Waals surface area contributed by atoms with Gasteiger partial charge < -0.3 is 4.42 Å². The second-order valence-corrected chi connectivity index (χ2v) is 3.37. The van der Waals surface area contributed by atoms with Crippen LogP contribution in [0, 0.1) is 12.7 Å². The number of benzene rings is 1. The fourth-order valence-electron chi connectivity index (χ4n) is 1.17. The number of aryl methyl sites for hydroxylation is 1. The maximum Gasteiger partial charge on any atom is 0.226 e. The van der Waals surface area contributed by atoms with Crippen molar-refractivity contribution in [3.05, 3.63) is 41.0 Å². The van der Waals surface area contributed by atoms with Gasteiger partial charge in [-0.2, -0.15) is 0 Å². The summed E-state index contributed by atoms with van der Waals surface area (Å²) < 4.78 is 18.2. The molecular formula is C10H7ClFNO. The number of hydrogen-bond donors (Lipinski definition) is 0. The molecule has 2 aromatic rings. The third kappa shape index (κ3) is 1.77. The second kappa shape index (κ2) is 3.42. The van der Waals surface area contributed by atoms with E-state index in [4.69, 9.17) is 16.0 Å². The van der Waals surface area contributed by atoms with E-state index in [0.717, 1.165) is 0 Å². The third-order valence-corrected chi connectivity index (χ3v) is 1.95. The highest BCUT2D eigenvalue weighted by molar-refractivity contribution is 6.30. The fraction of sp³-hybridized carbons (Fsp3) is 0.100. The normalized spacial score (nSPS) is 10.5. The van der Waals surface area contributed by atoms with E-state index in [1.165, 1.54) is 12.1 Å². The molecule has 1 heterocycles. The summed E-state index contributed by atoms with van der Waals surface area (Å²) in [6, 6.07) is 4.17. The van der Waals surface area contributed by atoms with Gasteiger partial charge >= 0.3 is 0 Å². The number of hydrogen-bond acceptors (Lipinski definition) is 2. The van der Waals surface area contributed by atoms with Gasteiger partial charge in [0.15, 0.2) is 0 Å². The highest BCUT2D eigenvalue weighted by Gasteiger charge is 2.06. The van der Waals surface area contributed by atoms with Crippen LogP contribution in [0.1, 0.15) is 5.76 Å². The van der Waals surface area contributed by atoms with Crippen LogP contribution in [-0.4, -0.2) is 4.98 Å². The molecule has 4 heteroatoms. The average Bonchev–Trinajstić information content (AvgIpc) is 2.50. The maximum absolute atomic E-state index is 13.0. The van der Waals surface area contributed by atoms with Gasteiger partial charge in [-0.1, -0.05) is 11.6 Å². The van der Waals surface area contributed by atoms with Gasteiger partial charge in [-0.3, -0.25) is 0 Å². The van der Waals surface area contributed by atoms with E-state index in [-0.39, 0.29) is 0 Å². The number of halogens is 2. The predicted octanol–water partition coefficient (Wildman–Crippen LogP) is 3.44. The first-order valence-corrected chi connectivity index (χ1v) is 4.42. The number of nitrogens with zero attached hydrogens (tertiary/aromatic N) is 1. The summed E-state index contributed by atoms with van der Waals surface area (Å²) in [6.45, 7) is 1.78. The Balaban J connectivity index is 2.51. The fourth-order valence-corrected chi connectivity index (χ4v) is 1.39. The molecule has 0 unspecified atom stereocenters. The zero-order valence-corrected chi connectivity index (χ0v) is 8.18. The molecule has 0 radical (unpaired) electrons. The number of oxazole rings is 1. The largest absolute Gasteiger partial charge is 0.441 e. The van der Waals surface area contributed by atoms with Crippen LogP contribution in [0.2, 0.25) is 5.02 Å². The Kier molecular flexibility index (Phi) is 2.25. The van der Waals surface area contributed by atoms with E-state index in [0.29, 0.717) is 22.2 Å². The van der Waals surface area contributed by atoms with Crippen LogP contribution in [0.15, 0.2) is 28.8 Å². The summed E-state index contributed by atoms with van der Waals surface area (Å²) in [6.07, 6.45) is 1.58. The number of rotatable bonds is 1. The summed E-state index contributed by atoms with van der Waals surface area (Å²) in [7, 11) is 0. The van der Waals surface area contributed by atoms with Gasteiger partial charge in [-0.25, -0.2) is 9.37 Å². The Morgan fingerprint density at radius 3 is 2.71 bits per heavy atom. The van der Waals surface area contributed by atoms with Gasteiger partial charge in [0.1, 0.15) is 11.6 Å². The minimum Gasteiger partial charge on any atom is -0.441 e. The van der Waals surface area contributed by atoms with Crippen molar-refractivity contribution in [3.8, 4) is 11.5 Å². The Morgan fingerprint density at radius 1 is 1.36 bits per heavy atom. The number of aromatic nitrogens is 1. The zero-order chi connectivity index (χ0) is 10.1. The van der Waals surface area contributed by atoms with Crippen molar-refractivity contribution in [2.24, 2.45) is 0 Å². The van der Waals surface area contributed by atoms with Crippen LogP contribution >= 0.6 is 11.6 Å². The van der Waals surface area contributed by atoms with Gasteiger partial charge in [0.25, 0.3) is 0 Å². The molecule has 0 saturated carbocycles. The van der Waals surface area contributed by atoms with Gasteiger partial charge in [0.05, 0.1) is 6.20 Å². The molecule has 0 aliphatic heterocycles. The predicted molar refractivity (Wildman–Crippen MR) is 51.6 cm³/mol. The van der Waals surface area contributed by atoms with Crippen LogP contribution in [0.3, 0.4) is 0 Å². The smallest absolute Gasteiger partial charge is 0.226 e. The molecule has 0 amide bonds. The third-order valence-electron chi connectivity index (χ3n) is 1.73. The lowest BCUT2D eigenvalue weighted by Gasteiger charge is -1.97. The topological polar surface area (TPSA) is 26.0 Å². The Bertz CT molecular complexity index is 447. The molecule has 1 aromatic carbocycles. The Hall–Kier alpha value is -1.35. The highest BCUT2D eigenvalue weighted by atomic mass is 35.5. The molecule has 0 fully saturated rings. The van der Waals surface area contributed by atoms with Gasteiger partial charge in [0, 0.05) is 10.6 Å². The summed E-state index contributed by atoms with van der Waals surface area (Å²) in [5.41, 5.74) is 0.545. The zero-order valence-electron chi connectivity index (χ0n) is 7.42. The first kappa shape index (κ1) is 9.21. The monoisotopic (exact) mass is 211 g/mol. The second-order valence-electron chi connectivity index (χ2n) is 2.93. The summed E-state index contributed by atoms with van der Waals surface area (Å²) in [5, 5.41) is 0.329. The molecule has 0 bridgehead atoms. The standard InChI is InChI=1S/C10H7ClFNO/c1-6-5-13-10(14-6)7-2-8(11)4-9(12)3-7/h2-5H,1H3. The summed E-state index contributed by atoms with van der Waals surface area (Å²) >= 11 is 5.70. The van der Waals surface area contributed by atoms with Crippen molar-refractivity contribution >= 4 is 11.6 Å². The van der Waals surface area contributed by atoms with E-state index in [9.17, 15) is 4.39 Å². The van der Waals surface area contributed by atoms with Gasteiger partial charge in [0.2, 0.25) is 5.89 Å². The molecule has 1 aromatic heterocycles. The van der Waals surface area contributed by atoms with Crippen LogP contribution < -0.4 is 0 Å². The van der Waals surface area contributed by atoms with Crippen LogP contribution in [0.4, 0.5) is 4.39 Å². The lowest BCUT2D eigenvalue weighted by atomic mass is 10.2. The Morgan fingerprint density at radius 2 is 2.14 bits per heavy atom. The highest BCUT2D eigenvalue weighted by Crippen LogP contribution is 2.23. The van der Waals surface area contributed by atoms with Crippen molar-refractivity contribution < 1.29 is 8.81 Å². The van der Waals surface area contributed by atoms with E-state index < -0.39 is 5.82 Å². The summed E-state index contributed by atoms with van der Waals surface area (Å²) in [4.78, 5) is 3.98. The average molecular weight is 212 g/mol.